The van der Waals surface area contributed by atoms with Crippen LogP contribution >= 0.6 is 11.6 Å². The Kier molecular flexibility index (Phi) is 6.34. The highest BCUT2D eigenvalue weighted by Crippen LogP contribution is 2.24. The summed E-state index contributed by atoms with van der Waals surface area (Å²) in [6.07, 6.45) is 3.77. The summed E-state index contributed by atoms with van der Waals surface area (Å²) in [6, 6.07) is 5.79. The summed E-state index contributed by atoms with van der Waals surface area (Å²) in [6.45, 7) is 6.76. The van der Waals surface area contributed by atoms with Crippen molar-refractivity contribution in [2.24, 2.45) is 11.1 Å². The van der Waals surface area contributed by atoms with Crippen LogP contribution in [0.3, 0.4) is 0 Å². The number of nitrogens with one attached hydrogen (secondary N) is 1. The Morgan fingerprint density at radius 2 is 2.05 bits per heavy atom. The van der Waals surface area contributed by atoms with Gasteiger partial charge in [-0.25, -0.2) is 0 Å². The minimum absolute atomic E-state index is 0.213. The first-order chi connectivity index (χ1) is 9.36. The summed E-state index contributed by atoms with van der Waals surface area (Å²) in [4.78, 5) is 0. The highest BCUT2D eigenvalue weighted by molar-refractivity contribution is 6.31. The zero-order valence-electron chi connectivity index (χ0n) is 12.6. The first-order valence-corrected chi connectivity index (χ1v) is 7.50. The molecule has 0 aliphatic rings. The summed E-state index contributed by atoms with van der Waals surface area (Å²) in [5, 5.41) is 8.31. The molecule has 0 atom stereocenters. The standard InChI is InChI=1S/C16H25ClN2O/c1-4-12-11-13(7-8-14(12)17)20-10-6-5-9-16(2,3)15(18)19/h7-8,11H,4-6,9-10H2,1-3H3,(H3,18,19). The van der Waals surface area contributed by atoms with Gasteiger partial charge in [-0.1, -0.05) is 32.4 Å². The molecule has 4 heteroatoms. The molecule has 0 aliphatic carbocycles. The molecular weight excluding hydrogens is 272 g/mol. The van der Waals surface area contributed by atoms with Crippen molar-refractivity contribution in [1.82, 2.24) is 0 Å². The Hall–Kier alpha value is -1.22. The molecule has 0 amide bonds. The van der Waals surface area contributed by atoms with E-state index in [1.54, 1.807) is 0 Å². The monoisotopic (exact) mass is 296 g/mol. The largest absolute Gasteiger partial charge is 0.494 e. The fraction of sp³-hybridized carbons (Fsp3) is 0.562. The van der Waals surface area contributed by atoms with E-state index in [0.29, 0.717) is 6.61 Å². The van der Waals surface area contributed by atoms with Crippen molar-refractivity contribution in [2.75, 3.05) is 6.61 Å². The third-order valence-corrected chi connectivity index (χ3v) is 3.96. The van der Waals surface area contributed by atoms with Gasteiger partial charge in [0, 0.05) is 10.4 Å². The highest BCUT2D eigenvalue weighted by Gasteiger charge is 2.20. The van der Waals surface area contributed by atoms with Crippen LogP contribution in [0, 0.1) is 10.8 Å². The van der Waals surface area contributed by atoms with E-state index < -0.39 is 0 Å². The first kappa shape index (κ1) is 16.8. The van der Waals surface area contributed by atoms with E-state index in [-0.39, 0.29) is 11.3 Å². The Labute approximate surface area is 127 Å². The second-order valence-corrected chi connectivity index (χ2v) is 6.12. The number of nitrogens with two attached hydrogens (primary N) is 1. The number of hydrogen-bond acceptors (Lipinski definition) is 2. The molecule has 0 unspecified atom stereocenters. The maximum absolute atomic E-state index is 7.51. The van der Waals surface area contributed by atoms with Crippen LogP contribution in [0.25, 0.3) is 0 Å². The van der Waals surface area contributed by atoms with Gasteiger partial charge in [0.1, 0.15) is 5.75 Å². The lowest BCUT2D eigenvalue weighted by Crippen LogP contribution is -2.30. The summed E-state index contributed by atoms with van der Waals surface area (Å²) >= 11 is 6.07. The lowest BCUT2D eigenvalue weighted by atomic mass is 9.86. The normalized spacial score (nSPS) is 11.4. The summed E-state index contributed by atoms with van der Waals surface area (Å²) in [7, 11) is 0. The molecule has 0 spiro atoms. The van der Waals surface area contributed by atoms with Crippen molar-refractivity contribution in [3.8, 4) is 5.75 Å². The van der Waals surface area contributed by atoms with Crippen molar-refractivity contribution in [3.05, 3.63) is 28.8 Å². The molecule has 0 heterocycles. The SMILES string of the molecule is CCc1cc(OCCCCC(C)(C)C(=N)N)ccc1Cl. The van der Waals surface area contributed by atoms with Crippen LogP contribution in [0.15, 0.2) is 18.2 Å². The van der Waals surface area contributed by atoms with Gasteiger partial charge in [-0.3, -0.25) is 5.41 Å². The molecule has 0 radical (unpaired) electrons. The zero-order chi connectivity index (χ0) is 15.2. The number of hydrogen-bond donors (Lipinski definition) is 2. The Bertz CT molecular complexity index is 458. The highest BCUT2D eigenvalue weighted by atomic mass is 35.5. The van der Waals surface area contributed by atoms with E-state index in [1.807, 2.05) is 32.0 Å². The van der Waals surface area contributed by atoms with Gasteiger partial charge in [0.2, 0.25) is 0 Å². The third-order valence-electron chi connectivity index (χ3n) is 3.59. The molecule has 3 N–H and O–H groups in total. The third kappa shape index (κ3) is 5.04. The molecular formula is C16H25ClN2O. The number of rotatable bonds is 8. The molecule has 0 fully saturated rings. The van der Waals surface area contributed by atoms with E-state index in [4.69, 9.17) is 27.5 Å². The van der Waals surface area contributed by atoms with Gasteiger partial charge >= 0.3 is 0 Å². The van der Waals surface area contributed by atoms with E-state index >= 15 is 0 Å². The van der Waals surface area contributed by atoms with Crippen molar-refractivity contribution < 1.29 is 4.74 Å². The van der Waals surface area contributed by atoms with Crippen LogP contribution in [0.5, 0.6) is 5.75 Å². The molecule has 0 bridgehead atoms. The van der Waals surface area contributed by atoms with Gasteiger partial charge < -0.3 is 10.5 Å². The first-order valence-electron chi connectivity index (χ1n) is 7.12. The quantitative estimate of drug-likeness (QED) is 0.424. The predicted octanol–water partition coefficient (Wildman–Crippen LogP) is 4.41. The van der Waals surface area contributed by atoms with Gasteiger partial charge in [-0.15, -0.1) is 0 Å². The lowest BCUT2D eigenvalue weighted by Gasteiger charge is -2.22. The van der Waals surface area contributed by atoms with Crippen LogP contribution < -0.4 is 10.5 Å². The molecule has 20 heavy (non-hydrogen) atoms. The predicted molar refractivity (Wildman–Crippen MR) is 85.9 cm³/mol. The summed E-state index contributed by atoms with van der Waals surface area (Å²) in [5.74, 6) is 1.13. The minimum Gasteiger partial charge on any atom is -0.494 e. The van der Waals surface area contributed by atoms with E-state index in [9.17, 15) is 0 Å². The number of benzene rings is 1. The van der Waals surface area contributed by atoms with Gasteiger partial charge in [-0.05, 0) is 49.4 Å². The van der Waals surface area contributed by atoms with Crippen molar-refractivity contribution in [3.63, 3.8) is 0 Å². The summed E-state index contributed by atoms with van der Waals surface area (Å²) in [5.41, 5.74) is 6.46. The molecule has 0 aromatic heterocycles. The number of halogens is 1. The second kappa shape index (κ2) is 7.53. The molecule has 0 saturated carbocycles. The van der Waals surface area contributed by atoms with Crippen molar-refractivity contribution in [2.45, 2.75) is 46.5 Å². The number of aryl methyl sites for hydroxylation is 1. The molecule has 0 saturated heterocycles. The van der Waals surface area contributed by atoms with E-state index in [0.717, 1.165) is 42.0 Å². The molecule has 0 aliphatic heterocycles. The van der Waals surface area contributed by atoms with Crippen LogP contribution in [0.4, 0.5) is 0 Å². The van der Waals surface area contributed by atoms with Crippen LogP contribution in [-0.4, -0.2) is 12.4 Å². The smallest absolute Gasteiger partial charge is 0.119 e. The molecule has 1 rings (SSSR count). The second-order valence-electron chi connectivity index (χ2n) is 5.71. The Morgan fingerprint density at radius 3 is 2.65 bits per heavy atom. The number of unbranched alkanes of at least 4 members (excludes halogenated alkanes) is 1. The van der Waals surface area contributed by atoms with Gasteiger partial charge in [-0.2, -0.15) is 0 Å². The van der Waals surface area contributed by atoms with E-state index in [1.165, 1.54) is 0 Å². The Balaban J connectivity index is 2.33. The van der Waals surface area contributed by atoms with Crippen LogP contribution in [0.1, 0.15) is 45.6 Å². The molecule has 3 nitrogen and oxygen atoms in total. The average Bonchev–Trinajstić information content (AvgIpc) is 2.39. The van der Waals surface area contributed by atoms with Crippen molar-refractivity contribution >= 4 is 17.4 Å². The van der Waals surface area contributed by atoms with Gasteiger partial charge in [0.15, 0.2) is 0 Å². The summed E-state index contributed by atoms with van der Waals surface area (Å²) < 4.78 is 5.74. The zero-order valence-corrected chi connectivity index (χ0v) is 13.4. The van der Waals surface area contributed by atoms with E-state index in [2.05, 4.69) is 6.92 Å². The lowest BCUT2D eigenvalue weighted by molar-refractivity contribution is 0.296. The molecule has 1 aromatic carbocycles. The number of ether oxygens (including phenoxy) is 1. The van der Waals surface area contributed by atoms with Crippen LogP contribution in [-0.2, 0) is 6.42 Å². The van der Waals surface area contributed by atoms with Gasteiger partial charge in [0.25, 0.3) is 0 Å². The fourth-order valence-electron chi connectivity index (χ4n) is 1.91. The molecule has 1 aromatic rings. The maximum Gasteiger partial charge on any atom is 0.119 e. The Morgan fingerprint density at radius 1 is 1.35 bits per heavy atom. The van der Waals surface area contributed by atoms with Gasteiger partial charge in [0.05, 0.1) is 12.4 Å². The molecule has 112 valence electrons. The van der Waals surface area contributed by atoms with Crippen molar-refractivity contribution in [1.29, 1.82) is 5.41 Å². The van der Waals surface area contributed by atoms with Crippen LogP contribution in [0.2, 0.25) is 5.02 Å². The minimum atomic E-state index is -0.213. The average molecular weight is 297 g/mol. The number of amidine groups is 1. The fourth-order valence-corrected chi connectivity index (χ4v) is 2.16. The maximum atomic E-state index is 7.51. The topological polar surface area (TPSA) is 59.1 Å².